The number of hydrogen-bond donors (Lipinski definition) is 1. The summed E-state index contributed by atoms with van der Waals surface area (Å²) in [6, 6.07) is 13.5. The third kappa shape index (κ3) is 7.21. The van der Waals surface area contributed by atoms with Crippen molar-refractivity contribution in [1.82, 2.24) is 13.5 Å². The Morgan fingerprint density at radius 2 is 1.83 bits per heavy atom. The number of carboxylic acid groups (broad SMARTS) is 1. The van der Waals surface area contributed by atoms with Gasteiger partial charge in [0.2, 0.25) is 0 Å². The van der Waals surface area contributed by atoms with Gasteiger partial charge in [0.05, 0.1) is 50.4 Å². The minimum absolute atomic E-state index is 0.00372. The highest BCUT2D eigenvalue weighted by Crippen LogP contribution is 2.37. The fraction of sp³-hybridized carbons (Fsp3) is 0.533. The molecule has 0 aromatic heterocycles. The third-order valence-corrected chi connectivity index (χ3v) is 10.3. The Labute approximate surface area is 247 Å². The first-order chi connectivity index (χ1) is 20.0. The van der Waals surface area contributed by atoms with E-state index in [1.165, 1.54) is 29.4 Å². The molecule has 12 heteroatoms. The standard InChI is InChI=1S/C30H39FN4O6S/c1-33(2)42(38,39)34(19-21-7-11-26(40-3)12-8-21)28-18-25(15-16-32)35(30(36)37)29(28)20-41-27-13-9-22(10-14-27)23-5-4-6-24(31)17-23/h4-8,11-12,17,22,25,27-29H,9-10,13-15,18-20H2,1-3H3,(H,36,37)/t22?,25-,27?,28+,29+/m1/s1. The van der Waals surface area contributed by atoms with Crippen molar-refractivity contribution in [2.75, 3.05) is 27.8 Å². The van der Waals surface area contributed by atoms with Crippen molar-refractivity contribution in [2.45, 2.75) is 75.2 Å². The Morgan fingerprint density at radius 3 is 2.40 bits per heavy atom. The Balaban J connectivity index is 1.56. The summed E-state index contributed by atoms with van der Waals surface area (Å²) in [5, 5.41) is 19.7. The SMILES string of the molecule is COc1ccc(CN([C@H]2C[C@@H](CC#N)N(C(=O)O)[C@H]2COC2CCC(c3cccc(F)c3)CC2)S(=O)(=O)N(C)C)cc1. The molecule has 0 unspecified atom stereocenters. The van der Waals surface area contributed by atoms with E-state index in [1.807, 2.05) is 6.07 Å². The first-order valence-corrected chi connectivity index (χ1v) is 15.5. The number of ether oxygens (including phenoxy) is 2. The predicted molar refractivity (Wildman–Crippen MR) is 155 cm³/mol. The summed E-state index contributed by atoms with van der Waals surface area (Å²) in [6.07, 6.45) is 1.81. The normalized spacial score (nSPS) is 24.6. The molecule has 3 atom stereocenters. The lowest BCUT2D eigenvalue weighted by molar-refractivity contribution is -0.0130. The number of rotatable bonds is 11. The van der Waals surface area contributed by atoms with Gasteiger partial charge in [0.25, 0.3) is 10.2 Å². The fourth-order valence-electron chi connectivity index (χ4n) is 6.14. The second-order valence-corrected chi connectivity index (χ2v) is 13.2. The number of methoxy groups -OCH3 is 1. The fourth-order valence-corrected chi connectivity index (χ4v) is 7.44. The van der Waals surface area contributed by atoms with Crippen molar-refractivity contribution >= 4 is 16.3 Å². The molecule has 2 aliphatic rings. The van der Waals surface area contributed by atoms with E-state index in [9.17, 15) is 28.0 Å². The molecule has 1 amide bonds. The summed E-state index contributed by atoms with van der Waals surface area (Å²) in [7, 11) is 0.432. The molecule has 0 bridgehead atoms. The van der Waals surface area contributed by atoms with Crippen molar-refractivity contribution in [2.24, 2.45) is 0 Å². The Morgan fingerprint density at radius 1 is 1.14 bits per heavy atom. The Hall–Kier alpha value is -3.24. The number of carbonyl (C=O) groups is 1. The maximum Gasteiger partial charge on any atom is 0.407 e. The van der Waals surface area contributed by atoms with Gasteiger partial charge in [0.15, 0.2) is 0 Å². The molecule has 42 heavy (non-hydrogen) atoms. The average Bonchev–Trinajstić information content (AvgIpc) is 3.33. The largest absolute Gasteiger partial charge is 0.497 e. The van der Waals surface area contributed by atoms with Crippen LogP contribution in [0.4, 0.5) is 9.18 Å². The molecule has 2 fully saturated rings. The van der Waals surface area contributed by atoms with Crippen molar-refractivity contribution in [3.05, 3.63) is 65.5 Å². The zero-order valence-corrected chi connectivity index (χ0v) is 25.0. The number of halogens is 1. The predicted octanol–water partition coefficient (Wildman–Crippen LogP) is 4.59. The van der Waals surface area contributed by atoms with Crippen LogP contribution in [0, 0.1) is 17.1 Å². The third-order valence-electron chi connectivity index (χ3n) is 8.38. The van der Waals surface area contributed by atoms with E-state index < -0.39 is 34.4 Å². The molecule has 228 valence electrons. The highest BCUT2D eigenvalue weighted by molar-refractivity contribution is 7.86. The van der Waals surface area contributed by atoms with Gasteiger partial charge in [-0.2, -0.15) is 22.3 Å². The van der Waals surface area contributed by atoms with E-state index in [0.717, 1.165) is 35.6 Å². The minimum atomic E-state index is -3.99. The van der Waals surface area contributed by atoms with Crippen LogP contribution in [0.5, 0.6) is 5.75 Å². The van der Waals surface area contributed by atoms with Crippen LogP contribution in [-0.2, 0) is 21.5 Å². The lowest BCUT2D eigenvalue weighted by atomic mass is 9.82. The smallest absolute Gasteiger partial charge is 0.407 e. The van der Waals surface area contributed by atoms with Gasteiger partial charge < -0.3 is 14.6 Å². The van der Waals surface area contributed by atoms with Gasteiger partial charge in [0, 0.05) is 20.6 Å². The minimum Gasteiger partial charge on any atom is -0.497 e. The van der Waals surface area contributed by atoms with E-state index >= 15 is 0 Å². The number of hydrogen-bond acceptors (Lipinski definition) is 6. The lowest BCUT2D eigenvalue weighted by Crippen LogP contribution is -2.53. The summed E-state index contributed by atoms with van der Waals surface area (Å²) in [5.74, 6) is 0.595. The van der Waals surface area contributed by atoms with Crippen molar-refractivity contribution in [3.8, 4) is 11.8 Å². The Kier molecular flexibility index (Phi) is 10.4. The van der Waals surface area contributed by atoms with E-state index in [0.29, 0.717) is 11.3 Å². The Bertz CT molecular complexity index is 1360. The molecule has 1 saturated heterocycles. The lowest BCUT2D eigenvalue weighted by Gasteiger charge is -2.36. The van der Waals surface area contributed by atoms with Gasteiger partial charge in [-0.05, 0) is 73.4 Å². The number of likely N-dealkylation sites (tertiary alicyclic amines) is 1. The molecule has 0 radical (unpaired) electrons. The zero-order valence-electron chi connectivity index (χ0n) is 24.2. The summed E-state index contributed by atoms with van der Waals surface area (Å²) >= 11 is 0. The number of amides is 1. The maximum absolute atomic E-state index is 13.7. The molecule has 2 aromatic carbocycles. The summed E-state index contributed by atoms with van der Waals surface area (Å²) in [4.78, 5) is 13.7. The van der Waals surface area contributed by atoms with Crippen molar-refractivity contribution in [3.63, 3.8) is 0 Å². The highest BCUT2D eigenvalue weighted by atomic mass is 32.2. The number of nitrogens with zero attached hydrogens (tertiary/aromatic N) is 4. The summed E-state index contributed by atoms with van der Waals surface area (Å²) in [5.41, 5.74) is 1.67. The second-order valence-electron chi connectivity index (χ2n) is 11.1. The van der Waals surface area contributed by atoms with Crippen molar-refractivity contribution < 1.29 is 32.2 Å². The quantitative estimate of drug-likeness (QED) is 0.399. The molecule has 1 N–H and O–H groups in total. The van der Waals surface area contributed by atoms with Gasteiger partial charge in [-0.25, -0.2) is 9.18 Å². The first-order valence-electron chi connectivity index (χ1n) is 14.1. The molecule has 1 heterocycles. The van der Waals surface area contributed by atoms with Crippen LogP contribution in [0.3, 0.4) is 0 Å². The van der Waals surface area contributed by atoms with Gasteiger partial charge in [-0.1, -0.05) is 24.3 Å². The summed E-state index contributed by atoms with van der Waals surface area (Å²) < 4.78 is 55.0. The van der Waals surface area contributed by atoms with Crippen LogP contribution >= 0.6 is 0 Å². The van der Waals surface area contributed by atoms with Crippen LogP contribution in [0.2, 0.25) is 0 Å². The van der Waals surface area contributed by atoms with E-state index in [2.05, 4.69) is 6.07 Å². The van der Waals surface area contributed by atoms with Crippen LogP contribution in [0.25, 0.3) is 0 Å². The number of benzene rings is 2. The molecule has 1 saturated carbocycles. The first kappa shape index (κ1) is 31.7. The van der Waals surface area contributed by atoms with E-state index in [1.54, 1.807) is 43.5 Å². The van der Waals surface area contributed by atoms with Gasteiger partial charge in [-0.15, -0.1) is 0 Å². The van der Waals surface area contributed by atoms with Crippen LogP contribution in [0.15, 0.2) is 48.5 Å². The molecule has 1 aliphatic carbocycles. The van der Waals surface area contributed by atoms with Crippen LogP contribution < -0.4 is 4.74 Å². The average molecular weight is 603 g/mol. The zero-order chi connectivity index (χ0) is 30.4. The monoisotopic (exact) mass is 602 g/mol. The highest BCUT2D eigenvalue weighted by Gasteiger charge is 2.50. The maximum atomic E-state index is 13.7. The molecule has 10 nitrogen and oxygen atoms in total. The molecule has 0 spiro atoms. The van der Waals surface area contributed by atoms with Gasteiger partial charge >= 0.3 is 6.09 Å². The molecule has 1 aliphatic heterocycles. The van der Waals surface area contributed by atoms with Crippen molar-refractivity contribution in [1.29, 1.82) is 5.26 Å². The molecular weight excluding hydrogens is 563 g/mol. The van der Waals surface area contributed by atoms with E-state index in [-0.39, 0.29) is 43.8 Å². The topological polar surface area (TPSA) is 123 Å². The van der Waals surface area contributed by atoms with E-state index in [4.69, 9.17) is 9.47 Å². The van der Waals surface area contributed by atoms with Crippen LogP contribution in [-0.4, -0.2) is 85.2 Å². The molecule has 4 rings (SSSR count). The second kappa shape index (κ2) is 13.8. The molecular formula is C30H39FN4O6S. The summed E-state index contributed by atoms with van der Waals surface area (Å²) in [6.45, 7) is 0.00735. The van der Waals surface area contributed by atoms with Crippen LogP contribution in [0.1, 0.15) is 55.6 Å². The van der Waals surface area contributed by atoms with Gasteiger partial charge in [-0.3, -0.25) is 4.90 Å². The number of nitriles is 1. The van der Waals surface area contributed by atoms with Gasteiger partial charge in [0.1, 0.15) is 11.6 Å². The molecule has 2 aromatic rings.